The van der Waals surface area contributed by atoms with Gasteiger partial charge in [-0.25, -0.2) is 4.79 Å². The molecule has 2 aromatic rings. The van der Waals surface area contributed by atoms with E-state index in [4.69, 9.17) is 16.7 Å². The molecule has 0 saturated heterocycles. The molecule has 0 amide bonds. The van der Waals surface area contributed by atoms with E-state index in [-0.39, 0.29) is 25.4 Å². The van der Waals surface area contributed by atoms with Crippen molar-refractivity contribution in [1.82, 2.24) is 0 Å². The molecule has 15 heavy (non-hydrogen) atoms. The van der Waals surface area contributed by atoms with Gasteiger partial charge in [0.2, 0.25) is 0 Å². The second-order valence-electron chi connectivity index (χ2n) is 2.98. The van der Waals surface area contributed by atoms with Crippen molar-refractivity contribution < 1.29 is 9.90 Å². The zero-order valence-corrected chi connectivity index (χ0v) is 7.95. The first-order valence-electron chi connectivity index (χ1n) is 4.10. The molecule has 0 spiro atoms. The molecule has 0 fully saturated rings. The van der Waals surface area contributed by atoms with Crippen LogP contribution in [0.5, 0.6) is 0 Å². The number of hydrogen-bond acceptors (Lipinski definition) is 1. The first-order valence-corrected chi connectivity index (χ1v) is 4.48. The predicted molar refractivity (Wildman–Crippen MR) is 65.9 cm³/mol. The summed E-state index contributed by atoms with van der Waals surface area (Å²) in [7, 11) is 0. The number of hydrogen-bond donors (Lipinski definition) is 1. The van der Waals surface area contributed by atoms with Crippen molar-refractivity contribution in [1.29, 1.82) is 0 Å². The Morgan fingerprint density at radius 3 is 2.60 bits per heavy atom. The summed E-state index contributed by atoms with van der Waals surface area (Å²) in [6.45, 7) is 0. The molecule has 2 rings (SSSR count). The van der Waals surface area contributed by atoms with Gasteiger partial charge in [0.1, 0.15) is 0 Å². The summed E-state index contributed by atoms with van der Waals surface area (Å²) in [6.07, 6.45) is 0. The van der Waals surface area contributed by atoms with Gasteiger partial charge in [0.25, 0.3) is 0 Å². The van der Waals surface area contributed by atoms with Crippen LogP contribution in [0.25, 0.3) is 10.8 Å². The van der Waals surface area contributed by atoms with Crippen LogP contribution in [0, 0.1) is 0 Å². The molecule has 2 aromatic carbocycles. The minimum atomic E-state index is -0.924. The summed E-state index contributed by atoms with van der Waals surface area (Å²) in [5.74, 6) is -0.924. The van der Waals surface area contributed by atoms with Crippen molar-refractivity contribution >= 4 is 48.1 Å². The van der Waals surface area contributed by atoms with Crippen LogP contribution in [-0.2, 0) is 0 Å². The SMILES string of the molecule is O=C(O)c1ccc2c(Cl)cccc2c1.[GaH3]. The number of carboxylic acid groups (broad SMARTS) is 1. The molecular weight excluding hydrogens is 269 g/mol. The average molecular weight is 279 g/mol. The minimum absolute atomic E-state index is 0. The van der Waals surface area contributed by atoms with Crippen molar-refractivity contribution in [3.8, 4) is 0 Å². The molecule has 0 unspecified atom stereocenters. The number of carboxylic acids is 1. The molecule has 0 aliphatic carbocycles. The average Bonchev–Trinajstić information content (AvgIpc) is 2.17. The zero-order valence-electron chi connectivity index (χ0n) is 7.20. The Balaban J connectivity index is 0.00000112. The van der Waals surface area contributed by atoms with E-state index in [9.17, 15) is 4.79 Å². The summed E-state index contributed by atoms with van der Waals surface area (Å²) in [4.78, 5) is 10.7. The molecule has 0 aliphatic rings. The standard InChI is InChI=1S/C11H7ClO2.Ga.3H/c12-10-3-1-2-7-6-8(11(13)14)4-5-9(7)10;;;;/h1-6H,(H,13,14);;;;. The molecule has 0 aliphatic heterocycles. The van der Waals surface area contributed by atoms with Crippen molar-refractivity contribution in [2.75, 3.05) is 0 Å². The van der Waals surface area contributed by atoms with E-state index in [1.165, 1.54) is 0 Å². The van der Waals surface area contributed by atoms with E-state index < -0.39 is 5.97 Å². The summed E-state index contributed by atoms with van der Waals surface area (Å²) in [6, 6.07) is 10.3. The van der Waals surface area contributed by atoms with Crippen LogP contribution in [0.1, 0.15) is 10.4 Å². The molecule has 76 valence electrons. The summed E-state index contributed by atoms with van der Waals surface area (Å²) >= 11 is 5.94. The van der Waals surface area contributed by atoms with Crippen LogP contribution < -0.4 is 0 Å². The van der Waals surface area contributed by atoms with E-state index in [0.717, 1.165) is 10.8 Å². The van der Waals surface area contributed by atoms with E-state index in [2.05, 4.69) is 0 Å². The van der Waals surface area contributed by atoms with Crippen LogP contribution in [0.2, 0.25) is 5.02 Å². The Kier molecular flexibility index (Phi) is 3.85. The molecule has 0 heterocycles. The fourth-order valence-corrected chi connectivity index (χ4v) is 1.62. The van der Waals surface area contributed by atoms with Crippen LogP contribution in [0.15, 0.2) is 36.4 Å². The monoisotopic (exact) mass is 278 g/mol. The summed E-state index contributed by atoms with van der Waals surface area (Å²) in [5, 5.41) is 11.1. The van der Waals surface area contributed by atoms with E-state index in [1.54, 1.807) is 30.3 Å². The van der Waals surface area contributed by atoms with Gasteiger partial charge in [0.05, 0.1) is 5.56 Å². The Labute approximate surface area is 105 Å². The second kappa shape index (κ2) is 4.74. The quantitative estimate of drug-likeness (QED) is 0.811. The molecule has 4 heteroatoms. The van der Waals surface area contributed by atoms with Gasteiger partial charge in [-0.15, -0.1) is 0 Å². The van der Waals surface area contributed by atoms with Crippen molar-refractivity contribution in [2.24, 2.45) is 0 Å². The predicted octanol–water partition coefficient (Wildman–Crippen LogP) is 2.01. The van der Waals surface area contributed by atoms with Gasteiger partial charge in [0.15, 0.2) is 0 Å². The normalized spacial score (nSPS) is 9.67. The Hall–Kier alpha value is -0.904. The maximum absolute atomic E-state index is 10.7. The molecule has 0 aromatic heterocycles. The van der Waals surface area contributed by atoms with Crippen molar-refractivity contribution in [2.45, 2.75) is 0 Å². The van der Waals surface area contributed by atoms with Crippen LogP contribution in [-0.4, -0.2) is 30.9 Å². The third-order valence-electron chi connectivity index (χ3n) is 2.07. The van der Waals surface area contributed by atoms with Gasteiger partial charge in [0, 0.05) is 10.4 Å². The van der Waals surface area contributed by atoms with E-state index >= 15 is 0 Å². The number of aromatic carboxylic acids is 1. The zero-order chi connectivity index (χ0) is 10.1. The first-order chi connectivity index (χ1) is 6.68. The van der Waals surface area contributed by atoms with Crippen LogP contribution in [0.3, 0.4) is 0 Å². The van der Waals surface area contributed by atoms with Gasteiger partial charge in [-0.05, 0) is 23.6 Å². The van der Waals surface area contributed by atoms with E-state index in [1.807, 2.05) is 6.07 Å². The molecule has 0 bridgehead atoms. The van der Waals surface area contributed by atoms with Gasteiger partial charge in [-0.2, -0.15) is 0 Å². The third kappa shape index (κ3) is 2.37. The molecular formula is C11H10ClGaO2. The van der Waals surface area contributed by atoms with Gasteiger partial charge >= 0.3 is 25.8 Å². The van der Waals surface area contributed by atoms with Crippen molar-refractivity contribution in [3.05, 3.63) is 47.0 Å². The maximum atomic E-state index is 10.7. The number of halogens is 1. The molecule has 0 radical (unpaired) electrons. The van der Waals surface area contributed by atoms with Gasteiger partial charge in [-0.1, -0.05) is 29.8 Å². The summed E-state index contributed by atoms with van der Waals surface area (Å²) < 4.78 is 0. The molecule has 1 N–H and O–H groups in total. The Morgan fingerprint density at radius 2 is 1.93 bits per heavy atom. The molecule has 0 atom stereocenters. The Morgan fingerprint density at radius 1 is 1.20 bits per heavy atom. The molecule has 0 saturated carbocycles. The number of fused-ring (bicyclic) bond motifs is 1. The summed E-state index contributed by atoms with van der Waals surface area (Å²) in [5.41, 5.74) is 0.278. The van der Waals surface area contributed by atoms with Gasteiger partial charge in [-0.3, -0.25) is 0 Å². The van der Waals surface area contributed by atoms with Crippen LogP contribution in [0.4, 0.5) is 0 Å². The fraction of sp³-hybridized carbons (Fsp3) is 0. The van der Waals surface area contributed by atoms with Gasteiger partial charge < -0.3 is 5.11 Å². The van der Waals surface area contributed by atoms with Crippen molar-refractivity contribution in [3.63, 3.8) is 0 Å². The second-order valence-corrected chi connectivity index (χ2v) is 3.39. The van der Waals surface area contributed by atoms with Crippen LogP contribution >= 0.6 is 11.6 Å². The molecule has 2 nitrogen and oxygen atoms in total. The fourth-order valence-electron chi connectivity index (χ4n) is 1.38. The van der Waals surface area contributed by atoms with E-state index in [0.29, 0.717) is 5.02 Å². The third-order valence-corrected chi connectivity index (χ3v) is 2.40. The topological polar surface area (TPSA) is 37.3 Å². The Bertz CT molecular complexity index is 511. The number of rotatable bonds is 1. The number of benzene rings is 2. The number of carbonyl (C=O) groups is 1. The first kappa shape index (κ1) is 12.2.